The molecule has 2 unspecified atom stereocenters. The summed E-state index contributed by atoms with van der Waals surface area (Å²) in [6.45, 7) is 11.5. The van der Waals surface area contributed by atoms with Crippen LogP contribution in [0.2, 0.25) is 0 Å². The Kier molecular flexibility index (Phi) is 5.87. The molecule has 1 heteroatoms. The van der Waals surface area contributed by atoms with Crippen LogP contribution in [-0.2, 0) is 5.41 Å². The predicted octanol–water partition coefficient (Wildman–Crippen LogP) is 5.26. The van der Waals surface area contributed by atoms with Crippen LogP contribution in [-0.4, -0.2) is 13.1 Å². The Labute approximate surface area is 131 Å². The molecule has 0 spiro atoms. The van der Waals surface area contributed by atoms with Gasteiger partial charge in [0.25, 0.3) is 0 Å². The van der Waals surface area contributed by atoms with Crippen LogP contribution in [0.1, 0.15) is 76.8 Å². The Morgan fingerprint density at radius 2 is 1.71 bits per heavy atom. The van der Waals surface area contributed by atoms with E-state index in [1.165, 1.54) is 44.2 Å². The minimum Gasteiger partial charge on any atom is -0.316 e. The Morgan fingerprint density at radius 3 is 2.33 bits per heavy atom. The molecule has 1 saturated carbocycles. The molecule has 1 aromatic carbocycles. The summed E-state index contributed by atoms with van der Waals surface area (Å²) in [5.41, 5.74) is 3.27. The first-order valence-electron chi connectivity index (χ1n) is 8.83. The van der Waals surface area contributed by atoms with Gasteiger partial charge in [-0.05, 0) is 60.7 Å². The second-order valence-corrected chi connectivity index (χ2v) is 7.73. The average molecular weight is 287 g/mol. The summed E-state index contributed by atoms with van der Waals surface area (Å²) in [6.07, 6.45) is 6.80. The smallest absolute Gasteiger partial charge is 0.00147 e. The summed E-state index contributed by atoms with van der Waals surface area (Å²) < 4.78 is 0. The van der Waals surface area contributed by atoms with Gasteiger partial charge in [-0.2, -0.15) is 0 Å². The van der Waals surface area contributed by atoms with Crippen LogP contribution in [0.15, 0.2) is 24.3 Å². The van der Waals surface area contributed by atoms with Crippen LogP contribution >= 0.6 is 0 Å². The van der Waals surface area contributed by atoms with Gasteiger partial charge in [0.05, 0.1) is 0 Å². The second-order valence-electron chi connectivity index (χ2n) is 7.73. The van der Waals surface area contributed by atoms with Gasteiger partial charge in [0, 0.05) is 0 Å². The monoisotopic (exact) mass is 287 g/mol. The maximum absolute atomic E-state index is 3.64. The average Bonchev–Trinajstić information content (AvgIpc) is 2.47. The molecule has 0 bridgehead atoms. The molecule has 0 amide bonds. The molecule has 0 radical (unpaired) electrons. The van der Waals surface area contributed by atoms with E-state index in [0.717, 1.165) is 18.4 Å². The van der Waals surface area contributed by atoms with Gasteiger partial charge in [0.15, 0.2) is 0 Å². The minimum atomic E-state index is 0.257. The normalized spacial score (nSPS) is 23.2. The molecule has 1 fully saturated rings. The third-order valence-electron chi connectivity index (χ3n) is 4.95. The zero-order valence-corrected chi connectivity index (χ0v) is 14.4. The van der Waals surface area contributed by atoms with Crippen molar-refractivity contribution in [1.82, 2.24) is 5.32 Å². The van der Waals surface area contributed by atoms with Gasteiger partial charge in [-0.1, -0.05) is 64.8 Å². The molecule has 2 rings (SSSR count). The number of benzene rings is 1. The molecular weight excluding hydrogens is 254 g/mol. The van der Waals surface area contributed by atoms with Crippen molar-refractivity contribution in [2.45, 2.75) is 71.1 Å². The van der Waals surface area contributed by atoms with E-state index in [4.69, 9.17) is 0 Å². The van der Waals surface area contributed by atoms with Crippen LogP contribution < -0.4 is 5.32 Å². The van der Waals surface area contributed by atoms with Gasteiger partial charge < -0.3 is 5.32 Å². The lowest BCUT2D eigenvalue weighted by molar-refractivity contribution is 0.296. The highest BCUT2D eigenvalue weighted by molar-refractivity contribution is 5.30. The maximum atomic E-state index is 3.64. The number of hydrogen-bond donors (Lipinski definition) is 1. The lowest BCUT2D eigenvalue weighted by atomic mass is 9.74. The van der Waals surface area contributed by atoms with Crippen molar-refractivity contribution in [3.63, 3.8) is 0 Å². The first kappa shape index (κ1) is 16.5. The van der Waals surface area contributed by atoms with Gasteiger partial charge in [-0.15, -0.1) is 0 Å². The first-order valence-corrected chi connectivity index (χ1v) is 8.83. The van der Waals surface area contributed by atoms with E-state index in [-0.39, 0.29) is 5.41 Å². The molecule has 0 heterocycles. The van der Waals surface area contributed by atoms with Crippen molar-refractivity contribution in [3.05, 3.63) is 35.4 Å². The van der Waals surface area contributed by atoms with Crippen LogP contribution in [0, 0.1) is 5.92 Å². The van der Waals surface area contributed by atoms with Crippen LogP contribution in [0.25, 0.3) is 0 Å². The molecule has 118 valence electrons. The predicted molar refractivity (Wildman–Crippen MR) is 93.0 cm³/mol. The topological polar surface area (TPSA) is 12.0 Å². The van der Waals surface area contributed by atoms with Crippen LogP contribution in [0.4, 0.5) is 0 Å². The molecule has 0 aromatic heterocycles. The van der Waals surface area contributed by atoms with E-state index in [1.807, 2.05) is 0 Å². The molecule has 1 aliphatic carbocycles. The molecule has 1 N–H and O–H groups in total. The van der Waals surface area contributed by atoms with Gasteiger partial charge in [0.2, 0.25) is 0 Å². The van der Waals surface area contributed by atoms with Gasteiger partial charge >= 0.3 is 0 Å². The summed E-state index contributed by atoms with van der Waals surface area (Å²) in [7, 11) is 0. The highest BCUT2D eigenvalue weighted by Gasteiger charge is 2.26. The molecule has 2 atom stereocenters. The quantitative estimate of drug-likeness (QED) is 0.729. The highest BCUT2D eigenvalue weighted by Crippen LogP contribution is 2.38. The molecular formula is C20H33N. The van der Waals surface area contributed by atoms with Crippen molar-refractivity contribution in [1.29, 1.82) is 0 Å². The zero-order valence-electron chi connectivity index (χ0n) is 14.4. The molecule has 1 aliphatic rings. The summed E-state index contributed by atoms with van der Waals surface area (Å²) in [6, 6.07) is 9.48. The molecule has 1 aromatic rings. The third kappa shape index (κ3) is 4.57. The van der Waals surface area contributed by atoms with Crippen molar-refractivity contribution < 1.29 is 0 Å². The number of nitrogens with one attached hydrogen (secondary N) is 1. The molecule has 0 aliphatic heterocycles. The highest BCUT2D eigenvalue weighted by atomic mass is 14.9. The summed E-state index contributed by atoms with van der Waals surface area (Å²) in [5.74, 6) is 1.59. The van der Waals surface area contributed by atoms with Gasteiger partial charge in [0.1, 0.15) is 0 Å². The Bertz CT molecular complexity index is 412. The Morgan fingerprint density at radius 1 is 1.05 bits per heavy atom. The maximum Gasteiger partial charge on any atom is -0.00147 e. The molecule has 0 saturated heterocycles. The first-order chi connectivity index (χ1) is 10.0. The second kappa shape index (κ2) is 7.45. The Hall–Kier alpha value is -0.820. The standard InChI is InChI=1S/C20H33N/c1-5-14-21-15-17-8-6-7-9-19(17)16-10-12-18(13-11-16)20(2,3)4/h10-13,17,19,21H,5-9,14-15H2,1-4H3. The van der Waals surface area contributed by atoms with E-state index >= 15 is 0 Å². The fraction of sp³-hybridized carbons (Fsp3) is 0.700. The van der Waals surface area contributed by atoms with E-state index in [0.29, 0.717) is 0 Å². The lowest BCUT2D eigenvalue weighted by Crippen LogP contribution is -2.30. The van der Waals surface area contributed by atoms with Crippen molar-refractivity contribution >= 4 is 0 Å². The SMILES string of the molecule is CCCNCC1CCCCC1c1ccc(C(C)(C)C)cc1. The van der Waals surface area contributed by atoms with E-state index in [1.54, 1.807) is 5.56 Å². The lowest BCUT2D eigenvalue weighted by Gasteiger charge is -2.32. The Balaban J connectivity index is 2.06. The molecule has 1 nitrogen and oxygen atoms in total. The number of rotatable bonds is 5. The zero-order chi connectivity index (χ0) is 15.3. The number of hydrogen-bond acceptors (Lipinski definition) is 1. The van der Waals surface area contributed by atoms with E-state index in [9.17, 15) is 0 Å². The van der Waals surface area contributed by atoms with Gasteiger partial charge in [-0.3, -0.25) is 0 Å². The van der Waals surface area contributed by atoms with Crippen molar-refractivity contribution in [2.75, 3.05) is 13.1 Å². The third-order valence-corrected chi connectivity index (χ3v) is 4.95. The van der Waals surface area contributed by atoms with E-state index in [2.05, 4.69) is 57.3 Å². The van der Waals surface area contributed by atoms with Crippen LogP contribution in [0.5, 0.6) is 0 Å². The van der Waals surface area contributed by atoms with Crippen molar-refractivity contribution in [2.24, 2.45) is 5.92 Å². The summed E-state index contributed by atoms with van der Waals surface area (Å²) in [5, 5.41) is 3.64. The summed E-state index contributed by atoms with van der Waals surface area (Å²) in [4.78, 5) is 0. The molecule has 21 heavy (non-hydrogen) atoms. The minimum absolute atomic E-state index is 0.257. The fourth-order valence-corrected chi connectivity index (χ4v) is 3.59. The van der Waals surface area contributed by atoms with E-state index < -0.39 is 0 Å². The fourth-order valence-electron chi connectivity index (χ4n) is 3.59. The largest absolute Gasteiger partial charge is 0.316 e. The van der Waals surface area contributed by atoms with Gasteiger partial charge in [-0.25, -0.2) is 0 Å². The van der Waals surface area contributed by atoms with Crippen molar-refractivity contribution in [3.8, 4) is 0 Å². The summed E-state index contributed by atoms with van der Waals surface area (Å²) >= 11 is 0. The van der Waals surface area contributed by atoms with Crippen LogP contribution in [0.3, 0.4) is 0 Å².